The number of carbonyl (C=O) groups is 1. The van der Waals surface area contributed by atoms with Crippen LogP contribution in [0.3, 0.4) is 0 Å². The van der Waals surface area contributed by atoms with E-state index < -0.39 is 15.1 Å². The highest BCUT2D eigenvalue weighted by molar-refractivity contribution is 8.16. The molecule has 11 heteroatoms. The highest BCUT2D eigenvalue weighted by atomic mass is 32.2. The molecule has 1 atom stereocenters. The average Bonchev–Trinajstić information content (AvgIpc) is 3.14. The quantitative estimate of drug-likeness (QED) is 0.279. The van der Waals surface area contributed by atoms with E-state index in [0.717, 1.165) is 0 Å². The van der Waals surface area contributed by atoms with Crippen molar-refractivity contribution >= 4 is 46.1 Å². The Morgan fingerprint density at radius 1 is 0.912 bits per heavy atom. The molecule has 3 aromatic rings. The van der Waals surface area contributed by atoms with Crippen molar-refractivity contribution in [3.63, 3.8) is 0 Å². The van der Waals surface area contributed by atoms with E-state index in [-0.39, 0.29) is 23.7 Å². The number of rotatable bonds is 7. The van der Waals surface area contributed by atoms with Crippen molar-refractivity contribution < 1.29 is 14.6 Å². The fourth-order valence-corrected chi connectivity index (χ4v) is 4.49. The first-order chi connectivity index (χ1) is 16.4. The van der Waals surface area contributed by atoms with Crippen LogP contribution in [-0.4, -0.2) is 32.4 Å². The maximum absolute atomic E-state index is 13.3. The van der Waals surface area contributed by atoms with E-state index in [9.17, 15) is 25.0 Å². The van der Waals surface area contributed by atoms with Crippen LogP contribution in [0.5, 0.6) is 0 Å². The molecule has 0 spiro atoms. The van der Waals surface area contributed by atoms with Crippen molar-refractivity contribution in [1.82, 2.24) is 0 Å². The molecule has 1 saturated heterocycles. The van der Waals surface area contributed by atoms with E-state index >= 15 is 0 Å². The van der Waals surface area contributed by atoms with Gasteiger partial charge in [-0.2, -0.15) is 5.10 Å². The van der Waals surface area contributed by atoms with Gasteiger partial charge < -0.3 is 0 Å². The molecule has 0 aliphatic carbocycles. The molecule has 1 aliphatic heterocycles. The molecule has 3 aromatic carbocycles. The van der Waals surface area contributed by atoms with Gasteiger partial charge >= 0.3 is 0 Å². The van der Waals surface area contributed by atoms with Gasteiger partial charge in [0.05, 0.1) is 27.0 Å². The Labute approximate surface area is 197 Å². The lowest BCUT2D eigenvalue weighted by molar-refractivity contribution is -0.385. The Bertz CT molecular complexity index is 1290. The first kappa shape index (κ1) is 22.8. The summed E-state index contributed by atoms with van der Waals surface area (Å²) in [5.41, 5.74) is 1.60. The van der Waals surface area contributed by atoms with E-state index in [1.165, 1.54) is 41.1 Å². The minimum atomic E-state index is -0.616. The first-order valence-electron chi connectivity index (χ1n) is 10.1. The van der Waals surface area contributed by atoms with Gasteiger partial charge in [-0.25, -0.2) is 0 Å². The minimum Gasteiger partial charge on any atom is -0.273 e. The molecule has 0 radical (unpaired) electrons. The van der Waals surface area contributed by atoms with Crippen molar-refractivity contribution in [2.24, 2.45) is 10.2 Å². The van der Waals surface area contributed by atoms with Crippen molar-refractivity contribution in [3.8, 4) is 0 Å². The molecular formula is C23H17N5O5S. The van der Waals surface area contributed by atoms with Gasteiger partial charge in [0, 0.05) is 30.2 Å². The maximum atomic E-state index is 13.3. The van der Waals surface area contributed by atoms with E-state index in [2.05, 4.69) is 10.2 Å². The summed E-state index contributed by atoms with van der Waals surface area (Å²) < 4.78 is 0. The van der Waals surface area contributed by atoms with E-state index in [4.69, 9.17) is 0 Å². The van der Waals surface area contributed by atoms with Gasteiger partial charge in [-0.05, 0) is 29.8 Å². The number of anilines is 1. The molecule has 34 heavy (non-hydrogen) atoms. The van der Waals surface area contributed by atoms with E-state index in [1.807, 2.05) is 6.07 Å². The van der Waals surface area contributed by atoms with Gasteiger partial charge in [0.15, 0.2) is 5.17 Å². The third kappa shape index (κ3) is 4.99. The third-order valence-corrected chi connectivity index (χ3v) is 6.12. The van der Waals surface area contributed by atoms with Crippen LogP contribution in [0.2, 0.25) is 0 Å². The van der Waals surface area contributed by atoms with Gasteiger partial charge in [0.2, 0.25) is 5.91 Å². The zero-order chi connectivity index (χ0) is 24.1. The summed E-state index contributed by atoms with van der Waals surface area (Å²) >= 11 is 1.18. The zero-order valence-electron chi connectivity index (χ0n) is 17.6. The second-order valence-electron chi connectivity index (χ2n) is 7.18. The van der Waals surface area contributed by atoms with Crippen molar-refractivity contribution in [2.75, 3.05) is 4.90 Å². The molecule has 0 N–H and O–H groups in total. The van der Waals surface area contributed by atoms with Crippen LogP contribution >= 0.6 is 11.8 Å². The smallest absolute Gasteiger partial charge is 0.272 e. The van der Waals surface area contributed by atoms with Crippen LogP contribution in [-0.2, 0) is 11.2 Å². The van der Waals surface area contributed by atoms with Crippen molar-refractivity contribution in [1.29, 1.82) is 0 Å². The molecule has 1 unspecified atom stereocenters. The number of nitrogens with zero attached hydrogens (tertiary/aromatic N) is 5. The number of hydrogen-bond acceptors (Lipinski definition) is 8. The molecule has 170 valence electrons. The second-order valence-corrected chi connectivity index (χ2v) is 8.35. The normalized spacial score (nSPS) is 16.9. The standard InChI is InChI=1S/C23H17N5O5S/c29-22-21(14-17-6-4-5-9-20(17)28(32)33)34-23(26(22)18-7-2-1-3-8-18)25-24-15-16-10-12-19(13-11-16)27(30)31/h1-13,15,21H,14H2. The zero-order valence-corrected chi connectivity index (χ0v) is 18.4. The van der Waals surface area contributed by atoms with Gasteiger partial charge in [0.25, 0.3) is 11.4 Å². The number of carbonyl (C=O) groups excluding carboxylic acids is 1. The molecule has 0 bridgehead atoms. The molecule has 4 rings (SSSR count). The fraction of sp³-hybridized carbons (Fsp3) is 0.0870. The molecule has 10 nitrogen and oxygen atoms in total. The number of hydrogen-bond donors (Lipinski definition) is 0. The Balaban J connectivity index is 1.61. The molecule has 1 heterocycles. The average molecular weight is 475 g/mol. The summed E-state index contributed by atoms with van der Waals surface area (Å²) in [6.45, 7) is 0. The number of amidine groups is 1. The number of amides is 1. The van der Waals surface area contributed by atoms with Gasteiger partial charge in [-0.1, -0.05) is 48.2 Å². The lowest BCUT2D eigenvalue weighted by atomic mass is 10.1. The summed E-state index contributed by atoms with van der Waals surface area (Å²) in [7, 11) is 0. The predicted molar refractivity (Wildman–Crippen MR) is 130 cm³/mol. The molecule has 1 fully saturated rings. The number of thioether (sulfide) groups is 1. The molecule has 0 aromatic heterocycles. The fourth-order valence-electron chi connectivity index (χ4n) is 3.37. The lowest BCUT2D eigenvalue weighted by Gasteiger charge is -2.15. The monoisotopic (exact) mass is 475 g/mol. The Hall–Kier alpha value is -4.38. The second kappa shape index (κ2) is 10.0. The molecule has 1 amide bonds. The van der Waals surface area contributed by atoms with E-state index in [1.54, 1.807) is 54.6 Å². The number of nitro benzene ring substituents is 2. The molecular weight excluding hydrogens is 458 g/mol. The summed E-state index contributed by atoms with van der Waals surface area (Å²) in [6.07, 6.45) is 1.59. The minimum absolute atomic E-state index is 0.0338. The summed E-state index contributed by atoms with van der Waals surface area (Å²) in [4.78, 5) is 35.9. The van der Waals surface area contributed by atoms with Crippen LogP contribution in [0.15, 0.2) is 89.1 Å². The van der Waals surface area contributed by atoms with Gasteiger partial charge in [0.1, 0.15) is 0 Å². The van der Waals surface area contributed by atoms with Gasteiger partial charge in [-0.3, -0.25) is 29.9 Å². The Morgan fingerprint density at radius 2 is 1.59 bits per heavy atom. The predicted octanol–water partition coefficient (Wildman–Crippen LogP) is 4.58. The van der Waals surface area contributed by atoms with Crippen molar-refractivity contribution in [2.45, 2.75) is 11.7 Å². The largest absolute Gasteiger partial charge is 0.273 e. The number of nitro groups is 2. The van der Waals surface area contributed by atoms with Crippen molar-refractivity contribution in [3.05, 3.63) is 110 Å². The molecule has 0 saturated carbocycles. The molecule has 1 aliphatic rings. The van der Waals surface area contributed by atoms with Crippen LogP contribution < -0.4 is 4.90 Å². The van der Waals surface area contributed by atoms with E-state index in [0.29, 0.717) is 22.0 Å². The van der Waals surface area contributed by atoms with Crippen LogP contribution in [0.25, 0.3) is 0 Å². The highest BCUT2D eigenvalue weighted by Gasteiger charge is 2.40. The Morgan fingerprint density at radius 3 is 2.26 bits per heavy atom. The lowest BCUT2D eigenvalue weighted by Crippen LogP contribution is -2.32. The summed E-state index contributed by atoms with van der Waals surface area (Å²) in [5.74, 6) is -0.251. The maximum Gasteiger partial charge on any atom is 0.272 e. The Kier molecular flexibility index (Phi) is 6.74. The topological polar surface area (TPSA) is 131 Å². The van der Waals surface area contributed by atoms with Crippen LogP contribution in [0, 0.1) is 20.2 Å². The summed E-state index contributed by atoms with van der Waals surface area (Å²) in [6, 6.07) is 21.1. The summed E-state index contributed by atoms with van der Waals surface area (Å²) in [5, 5.41) is 30.2. The number of para-hydroxylation sites is 2. The first-order valence-corrected chi connectivity index (χ1v) is 11.0. The number of benzene rings is 3. The number of non-ortho nitro benzene ring substituents is 1. The third-order valence-electron chi connectivity index (χ3n) is 5.00. The SMILES string of the molecule is O=C1C(Cc2ccccc2[N+](=O)[O-])SC(=NN=Cc2ccc([N+](=O)[O-])cc2)N1c1ccccc1. The van der Waals surface area contributed by atoms with Gasteiger partial charge in [-0.15, -0.1) is 5.10 Å². The van der Waals surface area contributed by atoms with Crippen LogP contribution in [0.1, 0.15) is 11.1 Å². The highest BCUT2D eigenvalue weighted by Crippen LogP contribution is 2.35. The van der Waals surface area contributed by atoms with Crippen LogP contribution in [0.4, 0.5) is 17.1 Å².